The van der Waals surface area contributed by atoms with Crippen LogP contribution in [0.4, 0.5) is 0 Å². The molecule has 72 valence electrons. The van der Waals surface area contributed by atoms with Gasteiger partial charge in [0.25, 0.3) is 0 Å². The number of hydrazine groups is 1. The zero-order valence-electron chi connectivity index (χ0n) is 8.03. The van der Waals surface area contributed by atoms with Gasteiger partial charge < -0.3 is 0 Å². The Kier molecular flexibility index (Phi) is 4.46. The van der Waals surface area contributed by atoms with Crippen LogP contribution in [0.3, 0.4) is 0 Å². The molecule has 3 nitrogen and oxygen atoms in total. The molecule has 0 aliphatic carbocycles. The SMILES string of the molecule is CCN(CNN)Cc1ccccc1. The minimum absolute atomic E-state index is 0.728. The summed E-state index contributed by atoms with van der Waals surface area (Å²) in [5.74, 6) is 5.27. The smallest absolute Gasteiger partial charge is 0.0615 e. The molecule has 0 aliphatic heterocycles. The third kappa shape index (κ3) is 3.55. The lowest BCUT2D eigenvalue weighted by atomic mass is 10.2. The molecular formula is C10H17N3. The maximum atomic E-state index is 5.27. The number of nitrogens with zero attached hydrogens (tertiary/aromatic N) is 1. The van der Waals surface area contributed by atoms with Crippen LogP contribution in [0.1, 0.15) is 12.5 Å². The molecule has 1 aromatic rings. The Hall–Kier alpha value is -0.900. The van der Waals surface area contributed by atoms with E-state index in [1.165, 1.54) is 5.56 Å². The Balaban J connectivity index is 2.46. The van der Waals surface area contributed by atoms with E-state index in [0.29, 0.717) is 0 Å². The van der Waals surface area contributed by atoms with Crippen molar-refractivity contribution in [2.75, 3.05) is 13.2 Å². The van der Waals surface area contributed by atoms with Crippen LogP contribution in [-0.4, -0.2) is 18.1 Å². The summed E-state index contributed by atoms with van der Waals surface area (Å²) in [5, 5.41) is 0. The molecular weight excluding hydrogens is 162 g/mol. The highest BCUT2D eigenvalue weighted by Crippen LogP contribution is 2.02. The van der Waals surface area contributed by atoms with Gasteiger partial charge in [-0.1, -0.05) is 37.3 Å². The Labute approximate surface area is 79.5 Å². The summed E-state index contributed by atoms with van der Waals surface area (Å²) in [6, 6.07) is 10.4. The maximum absolute atomic E-state index is 5.27. The molecule has 0 atom stereocenters. The van der Waals surface area contributed by atoms with Crippen LogP contribution in [0.2, 0.25) is 0 Å². The van der Waals surface area contributed by atoms with Crippen molar-refractivity contribution < 1.29 is 0 Å². The first kappa shape index (κ1) is 10.2. The molecule has 1 rings (SSSR count). The highest BCUT2D eigenvalue weighted by Gasteiger charge is 2.00. The van der Waals surface area contributed by atoms with Gasteiger partial charge in [-0.25, -0.2) is 5.43 Å². The van der Waals surface area contributed by atoms with Gasteiger partial charge in [0.05, 0.1) is 6.67 Å². The molecule has 0 heterocycles. The van der Waals surface area contributed by atoms with Crippen LogP contribution in [0, 0.1) is 0 Å². The van der Waals surface area contributed by atoms with Crippen molar-refractivity contribution in [2.24, 2.45) is 5.84 Å². The minimum atomic E-state index is 0.728. The van der Waals surface area contributed by atoms with Crippen LogP contribution >= 0.6 is 0 Å². The average Bonchev–Trinajstić information content (AvgIpc) is 2.19. The first-order valence-electron chi connectivity index (χ1n) is 4.56. The second kappa shape index (κ2) is 5.70. The van der Waals surface area contributed by atoms with Crippen molar-refractivity contribution in [1.29, 1.82) is 0 Å². The summed E-state index contributed by atoms with van der Waals surface area (Å²) < 4.78 is 0. The van der Waals surface area contributed by atoms with E-state index < -0.39 is 0 Å². The predicted octanol–water partition coefficient (Wildman–Crippen LogP) is 0.929. The molecule has 0 radical (unpaired) electrons. The summed E-state index contributed by atoms with van der Waals surface area (Å²) in [7, 11) is 0. The zero-order chi connectivity index (χ0) is 9.52. The van der Waals surface area contributed by atoms with Crippen LogP contribution in [0.25, 0.3) is 0 Å². The fourth-order valence-corrected chi connectivity index (χ4v) is 1.25. The number of hydrogen-bond donors (Lipinski definition) is 2. The lowest BCUT2D eigenvalue weighted by Gasteiger charge is -2.19. The molecule has 0 aliphatic rings. The van der Waals surface area contributed by atoms with Gasteiger partial charge in [-0.2, -0.15) is 0 Å². The number of benzene rings is 1. The average molecular weight is 179 g/mol. The van der Waals surface area contributed by atoms with Crippen LogP contribution in [-0.2, 0) is 6.54 Å². The van der Waals surface area contributed by atoms with Gasteiger partial charge in [-0.15, -0.1) is 0 Å². The molecule has 0 saturated carbocycles. The van der Waals surface area contributed by atoms with Gasteiger partial charge in [0.1, 0.15) is 0 Å². The quantitative estimate of drug-likeness (QED) is 0.401. The van der Waals surface area contributed by atoms with Gasteiger partial charge in [-0.05, 0) is 12.1 Å². The highest BCUT2D eigenvalue weighted by atomic mass is 15.3. The first-order chi connectivity index (χ1) is 6.36. The van der Waals surface area contributed by atoms with Gasteiger partial charge in [0.2, 0.25) is 0 Å². The third-order valence-electron chi connectivity index (χ3n) is 2.01. The summed E-state index contributed by atoms with van der Waals surface area (Å²) in [6.45, 7) is 4.80. The molecule has 0 saturated heterocycles. The molecule has 0 bridgehead atoms. The van der Waals surface area contributed by atoms with Crippen LogP contribution in [0.5, 0.6) is 0 Å². The van der Waals surface area contributed by atoms with Crippen molar-refractivity contribution in [3.8, 4) is 0 Å². The van der Waals surface area contributed by atoms with E-state index in [1.54, 1.807) is 0 Å². The molecule has 0 amide bonds. The van der Waals surface area contributed by atoms with Gasteiger partial charge in [0.15, 0.2) is 0 Å². The third-order valence-corrected chi connectivity index (χ3v) is 2.01. The number of hydrogen-bond acceptors (Lipinski definition) is 3. The van der Waals surface area contributed by atoms with Crippen molar-refractivity contribution in [2.45, 2.75) is 13.5 Å². The Morgan fingerprint density at radius 1 is 1.31 bits per heavy atom. The molecule has 0 unspecified atom stereocenters. The molecule has 13 heavy (non-hydrogen) atoms. The fourth-order valence-electron chi connectivity index (χ4n) is 1.25. The lowest BCUT2D eigenvalue weighted by molar-refractivity contribution is 0.259. The van der Waals surface area contributed by atoms with Crippen molar-refractivity contribution >= 4 is 0 Å². The Morgan fingerprint density at radius 2 is 2.00 bits per heavy atom. The highest BCUT2D eigenvalue weighted by molar-refractivity contribution is 5.14. The topological polar surface area (TPSA) is 41.3 Å². The maximum Gasteiger partial charge on any atom is 0.0615 e. The second-order valence-corrected chi connectivity index (χ2v) is 2.99. The number of rotatable bonds is 5. The molecule has 0 aromatic heterocycles. The number of nitrogens with two attached hydrogens (primary N) is 1. The van der Waals surface area contributed by atoms with Crippen LogP contribution < -0.4 is 11.3 Å². The minimum Gasteiger partial charge on any atom is -0.286 e. The van der Waals surface area contributed by atoms with Gasteiger partial charge in [-0.3, -0.25) is 10.7 Å². The van der Waals surface area contributed by atoms with E-state index in [2.05, 4.69) is 41.5 Å². The van der Waals surface area contributed by atoms with E-state index in [-0.39, 0.29) is 0 Å². The monoisotopic (exact) mass is 179 g/mol. The lowest BCUT2D eigenvalue weighted by Crippen LogP contribution is -2.37. The normalized spacial score (nSPS) is 10.7. The molecule has 3 heteroatoms. The van der Waals surface area contributed by atoms with E-state index in [9.17, 15) is 0 Å². The molecule has 3 N–H and O–H groups in total. The van der Waals surface area contributed by atoms with Crippen LogP contribution in [0.15, 0.2) is 30.3 Å². The summed E-state index contributed by atoms with van der Waals surface area (Å²) in [6.07, 6.45) is 0. The fraction of sp³-hybridized carbons (Fsp3) is 0.400. The van der Waals surface area contributed by atoms with Crippen molar-refractivity contribution in [3.63, 3.8) is 0 Å². The standard InChI is InChI=1S/C10H17N3/c1-2-13(9-12-11)8-10-6-4-3-5-7-10/h3-7,12H,2,8-9,11H2,1H3. The van der Waals surface area contributed by atoms with Crippen molar-refractivity contribution in [1.82, 2.24) is 10.3 Å². The Morgan fingerprint density at radius 3 is 2.54 bits per heavy atom. The molecule has 0 fully saturated rings. The predicted molar refractivity (Wildman–Crippen MR) is 54.7 cm³/mol. The largest absolute Gasteiger partial charge is 0.286 e. The van der Waals surface area contributed by atoms with E-state index >= 15 is 0 Å². The first-order valence-corrected chi connectivity index (χ1v) is 4.56. The number of nitrogens with one attached hydrogen (secondary N) is 1. The summed E-state index contributed by atoms with van der Waals surface area (Å²) in [4.78, 5) is 2.23. The zero-order valence-corrected chi connectivity index (χ0v) is 8.03. The van der Waals surface area contributed by atoms with Gasteiger partial charge >= 0.3 is 0 Å². The molecule has 0 spiro atoms. The van der Waals surface area contributed by atoms with E-state index in [4.69, 9.17) is 5.84 Å². The van der Waals surface area contributed by atoms with E-state index in [1.807, 2.05) is 6.07 Å². The van der Waals surface area contributed by atoms with Crippen molar-refractivity contribution in [3.05, 3.63) is 35.9 Å². The Bertz CT molecular complexity index is 223. The second-order valence-electron chi connectivity index (χ2n) is 2.99. The summed E-state index contributed by atoms with van der Waals surface area (Å²) in [5.41, 5.74) is 3.98. The van der Waals surface area contributed by atoms with E-state index in [0.717, 1.165) is 19.8 Å². The van der Waals surface area contributed by atoms with Gasteiger partial charge in [0, 0.05) is 6.54 Å². The summed E-state index contributed by atoms with van der Waals surface area (Å²) >= 11 is 0. The molecule has 1 aromatic carbocycles.